The minimum absolute atomic E-state index is 0.0185. The van der Waals surface area contributed by atoms with Crippen LogP contribution >= 0.6 is 0 Å². The van der Waals surface area contributed by atoms with E-state index in [0.717, 1.165) is 16.7 Å². The summed E-state index contributed by atoms with van der Waals surface area (Å²) in [6, 6.07) is 14.5. The normalized spacial score (nSPS) is 24.9. The van der Waals surface area contributed by atoms with E-state index in [9.17, 15) is 19.4 Å². The molecule has 0 radical (unpaired) electrons. The summed E-state index contributed by atoms with van der Waals surface area (Å²) in [5, 5.41) is 21.5. The number of hydrogen-bond acceptors (Lipinski definition) is 8. The monoisotopic (exact) mass is 522 g/mol. The summed E-state index contributed by atoms with van der Waals surface area (Å²) in [4.78, 5) is 19.7. The van der Waals surface area contributed by atoms with Gasteiger partial charge in [-0.15, -0.1) is 0 Å². The van der Waals surface area contributed by atoms with E-state index in [-0.39, 0.29) is 37.0 Å². The molecule has 4 unspecified atom stereocenters. The molecule has 3 heterocycles. The molecule has 1 fully saturated rings. The van der Waals surface area contributed by atoms with Crippen molar-refractivity contribution < 1.29 is 33.6 Å². The zero-order valence-electron chi connectivity index (χ0n) is 21.1. The number of aliphatic hydroxyl groups excluding tert-OH is 2. The number of nitrogens with zero attached hydrogens (tertiary/aromatic N) is 2. The van der Waals surface area contributed by atoms with E-state index in [1.54, 1.807) is 30.2 Å². The molecule has 2 N–H and O–H groups in total. The minimum atomic E-state index is -1.32. The van der Waals surface area contributed by atoms with Crippen LogP contribution in [0.5, 0.6) is 0 Å². The first-order valence-electron chi connectivity index (χ1n) is 12.8. The second-order valence-electron chi connectivity index (χ2n) is 9.46. The highest BCUT2D eigenvalue weighted by molar-refractivity contribution is 5.91. The molecule has 0 aromatic heterocycles. The van der Waals surface area contributed by atoms with Crippen molar-refractivity contribution in [1.82, 2.24) is 4.90 Å². The van der Waals surface area contributed by atoms with Crippen LogP contribution in [0.1, 0.15) is 24.5 Å². The van der Waals surface area contributed by atoms with Crippen LogP contribution < -0.4 is 0 Å². The highest BCUT2D eigenvalue weighted by Crippen LogP contribution is 2.41. The Balaban J connectivity index is 1.57. The summed E-state index contributed by atoms with van der Waals surface area (Å²) < 4.78 is 31.4. The maximum atomic E-state index is 13.5. The molecule has 3 aliphatic heterocycles. The zero-order chi connectivity index (χ0) is 26.6. The number of halogens is 1. The van der Waals surface area contributed by atoms with Gasteiger partial charge in [0.15, 0.2) is 0 Å². The second kappa shape index (κ2) is 11.5. The third-order valence-corrected chi connectivity index (χ3v) is 6.99. The summed E-state index contributed by atoms with van der Waals surface area (Å²) >= 11 is 0. The van der Waals surface area contributed by atoms with Crippen molar-refractivity contribution in [3.05, 3.63) is 94.2 Å². The van der Waals surface area contributed by atoms with Crippen LogP contribution in [0.25, 0.3) is 0 Å². The lowest BCUT2D eigenvalue weighted by Crippen LogP contribution is -2.57. The molecular formula is C29H31FN2O6. The number of aliphatic hydroxyl groups is 2. The van der Waals surface area contributed by atoms with Crippen molar-refractivity contribution >= 4 is 12.2 Å². The fourth-order valence-electron chi connectivity index (χ4n) is 5.13. The molecular weight excluding hydrogens is 491 g/mol. The summed E-state index contributed by atoms with van der Waals surface area (Å²) in [7, 11) is 0. The molecule has 0 bridgehead atoms. The third-order valence-electron chi connectivity index (χ3n) is 6.99. The number of aliphatic imine (C=N–C) groups is 1. The molecule has 5 rings (SSSR count). The largest absolute Gasteiger partial charge is 0.490 e. The lowest BCUT2D eigenvalue weighted by molar-refractivity contribution is -0.143. The molecule has 1 saturated heterocycles. The molecule has 3 aliphatic rings. The van der Waals surface area contributed by atoms with Gasteiger partial charge in [-0.1, -0.05) is 42.5 Å². The summed E-state index contributed by atoms with van der Waals surface area (Å²) in [6.45, 7) is 2.16. The molecule has 38 heavy (non-hydrogen) atoms. The maximum Gasteiger partial charge on any atom is 0.341 e. The van der Waals surface area contributed by atoms with Crippen LogP contribution in [-0.4, -0.2) is 71.5 Å². The molecule has 0 amide bonds. The molecule has 9 heteroatoms. The van der Waals surface area contributed by atoms with E-state index < -0.39 is 30.4 Å². The first-order valence-corrected chi connectivity index (χ1v) is 12.8. The highest BCUT2D eigenvalue weighted by Gasteiger charge is 2.51. The van der Waals surface area contributed by atoms with Crippen molar-refractivity contribution in [1.29, 1.82) is 0 Å². The van der Waals surface area contributed by atoms with Crippen molar-refractivity contribution in [2.45, 2.75) is 50.8 Å². The number of esters is 1. The minimum Gasteiger partial charge on any atom is -0.490 e. The van der Waals surface area contributed by atoms with Gasteiger partial charge in [-0.25, -0.2) is 9.18 Å². The van der Waals surface area contributed by atoms with Crippen LogP contribution in [-0.2, 0) is 32.0 Å². The average Bonchev–Trinajstić information content (AvgIpc) is 3.13. The third kappa shape index (κ3) is 5.22. The van der Waals surface area contributed by atoms with E-state index in [4.69, 9.17) is 19.2 Å². The first kappa shape index (κ1) is 26.1. The molecule has 2 aromatic carbocycles. The van der Waals surface area contributed by atoms with E-state index in [0.29, 0.717) is 25.1 Å². The molecule has 8 nitrogen and oxygen atoms in total. The number of hydrogen-bond donors (Lipinski definition) is 2. The SMILES string of the molecule is CCOC(=O)C1=C(OCc2ccccc2)C2N=CC(Cc3ccc(F)cc3)=C3OC(CO)CCN(C1O)C32. The predicted molar refractivity (Wildman–Crippen MR) is 137 cm³/mol. The second-order valence-corrected chi connectivity index (χ2v) is 9.46. The van der Waals surface area contributed by atoms with Crippen LogP contribution in [0.2, 0.25) is 0 Å². The van der Waals surface area contributed by atoms with Gasteiger partial charge in [0.25, 0.3) is 0 Å². The van der Waals surface area contributed by atoms with Crippen molar-refractivity contribution in [3.63, 3.8) is 0 Å². The molecule has 0 spiro atoms. The van der Waals surface area contributed by atoms with Crippen LogP contribution in [0.15, 0.2) is 82.3 Å². The zero-order valence-corrected chi connectivity index (χ0v) is 21.1. The Morgan fingerprint density at radius 2 is 1.92 bits per heavy atom. The molecule has 2 aromatic rings. The number of carbonyl (C=O) groups is 1. The van der Waals surface area contributed by atoms with Gasteiger partial charge in [-0.3, -0.25) is 9.89 Å². The quantitative estimate of drug-likeness (QED) is 0.514. The van der Waals surface area contributed by atoms with Gasteiger partial charge >= 0.3 is 5.97 Å². The van der Waals surface area contributed by atoms with Gasteiger partial charge in [0.1, 0.15) is 53.9 Å². The summed E-state index contributed by atoms with van der Waals surface area (Å²) in [6.07, 6.45) is 0.708. The Morgan fingerprint density at radius 3 is 2.63 bits per heavy atom. The first-order chi connectivity index (χ1) is 18.5. The van der Waals surface area contributed by atoms with E-state index in [1.807, 2.05) is 30.3 Å². The van der Waals surface area contributed by atoms with Crippen LogP contribution in [0, 0.1) is 5.82 Å². The summed E-state index contributed by atoms with van der Waals surface area (Å²) in [5.74, 6) is -0.202. The molecule has 0 saturated carbocycles. The van der Waals surface area contributed by atoms with Crippen molar-refractivity contribution in [3.8, 4) is 0 Å². The van der Waals surface area contributed by atoms with Gasteiger partial charge in [0.2, 0.25) is 0 Å². The van der Waals surface area contributed by atoms with Gasteiger partial charge in [0.05, 0.1) is 13.2 Å². The standard InChI is InChI=1S/C29H31FN2O6/c1-2-36-29(35)23-27(37-17-19-6-4-3-5-7-19)24-25-26(38-22(16-33)12-13-32(25)28(23)34)20(15-31-24)14-18-8-10-21(30)11-9-18/h3-11,15,22,24-25,28,33-34H,2,12-14,16-17H2,1H3. The Morgan fingerprint density at radius 1 is 1.16 bits per heavy atom. The average molecular weight is 523 g/mol. The Bertz CT molecular complexity index is 1240. The Labute approximate surface area is 220 Å². The Kier molecular flexibility index (Phi) is 7.87. The summed E-state index contributed by atoms with van der Waals surface area (Å²) in [5.41, 5.74) is 2.52. The number of benzene rings is 2. The van der Waals surface area contributed by atoms with Gasteiger partial charge < -0.3 is 24.4 Å². The van der Waals surface area contributed by atoms with Crippen LogP contribution in [0.3, 0.4) is 0 Å². The molecule has 4 atom stereocenters. The number of carbonyl (C=O) groups excluding carboxylic acids is 1. The number of rotatable bonds is 8. The Hall–Kier alpha value is -3.53. The highest BCUT2D eigenvalue weighted by atomic mass is 19.1. The van der Waals surface area contributed by atoms with E-state index >= 15 is 0 Å². The lowest BCUT2D eigenvalue weighted by atomic mass is 9.88. The fourth-order valence-corrected chi connectivity index (χ4v) is 5.13. The molecule has 200 valence electrons. The predicted octanol–water partition coefficient (Wildman–Crippen LogP) is 2.89. The maximum absolute atomic E-state index is 13.5. The van der Waals surface area contributed by atoms with Crippen LogP contribution in [0.4, 0.5) is 4.39 Å². The lowest BCUT2D eigenvalue weighted by Gasteiger charge is -2.44. The van der Waals surface area contributed by atoms with Gasteiger partial charge in [-0.2, -0.15) is 0 Å². The topological polar surface area (TPSA) is 101 Å². The van der Waals surface area contributed by atoms with Gasteiger partial charge in [-0.05, 0) is 36.6 Å². The van der Waals surface area contributed by atoms with Gasteiger partial charge in [0, 0.05) is 24.8 Å². The van der Waals surface area contributed by atoms with E-state index in [1.165, 1.54) is 12.1 Å². The number of ether oxygens (including phenoxy) is 3. The fraction of sp³-hybridized carbons (Fsp3) is 0.379. The number of allylic oxidation sites excluding steroid dienone is 1. The molecule has 0 aliphatic carbocycles. The van der Waals surface area contributed by atoms with Crippen molar-refractivity contribution in [2.24, 2.45) is 4.99 Å². The smallest absolute Gasteiger partial charge is 0.341 e. The van der Waals surface area contributed by atoms with E-state index in [2.05, 4.69) is 0 Å². The number of dihydropyridines is 1. The van der Waals surface area contributed by atoms with Crippen molar-refractivity contribution in [2.75, 3.05) is 19.8 Å².